The van der Waals surface area contributed by atoms with Crippen LogP contribution in [0.4, 0.5) is 8.78 Å². The lowest BCUT2D eigenvalue weighted by Crippen LogP contribution is -2.61. The Morgan fingerprint density at radius 1 is 1.22 bits per heavy atom. The summed E-state index contributed by atoms with van der Waals surface area (Å²) in [6.07, 6.45) is 2.04. The van der Waals surface area contributed by atoms with Crippen molar-refractivity contribution in [3.8, 4) is 11.5 Å². The van der Waals surface area contributed by atoms with Gasteiger partial charge < -0.3 is 14.4 Å². The summed E-state index contributed by atoms with van der Waals surface area (Å²) in [5.41, 5.74) is 1.22. The van der Waals surface area contributed by atoms with Gasteiger partial charge in [0.25, 0.3) is 5.91 Å². The number of carbonyl (C=O) groups is 2. The number of pyridine rings is 1. The lowest BCUT2D eigenvalue weighted by Gasteiger charge is -2.44. The third-order valence-electron chi connectivity index (χ3n) is 5.22. The van der Waals surface area contributed by atoms with Crippen molar-refractivity contribution in [2.75, 3.05) is 20.2 Å². The molecule has 0 bridgehead atoms. The summed E-state index contributed by atoms with van der Waals surface area (Å²) < 4.78 is 35.0. The van der Waals surface area contributed by atoms with Gasteiger partial charge in [-0.05, 0) is 30.3 Å². The monoisotopic (exact) mass is 464 g/mol. The maximum Gasteiger partial charge on any atom is 0.387 e. The van der Waals surface area contributed by atoms with Crippen LogP contribution in [0.25, 0.3) is 0 Å². The van der Waals surface area contributed by atoms with Crippen molar-refractivity contribution in [2.45, 2.75) is 25.5 Å². The third-order valence-corrected chi connectivity index (χ3v) is 5.45. The van der Waals surface area contributed by atoms with E-state index in [0.29, 0.717) is 22.9 Å². The summed E-state index contributed by atoms with van der Waals surface area (Å²) in [4.78, 5) is 30.5. The molecule has 1 saturated heterocycles. The second kappa shape index (κ2) is 9.07. The number of amides is 2. The van der Waals surface area contributed by atoms with Crippen LogP contribution >= 0.6 is 11.6 Å². The van der Waals surface area contributed by atoms with E-state index in [1.807, 2.05) is 0 Å². The highest BCUT2D eigenvalue weighted by molar-refractivity contribution is 6.31. The Balaban J connectivity index is 1.49. The zero-order valence-electron chi connectivity index (χ0n) is 17.0. The van der Waals surface area contributed by atoms with E-state index in [0.717, 1.165) is 5.56 Å². The molecule has 168 valence electrons. The largest absolute Gasteiger partial charge is 0.496 e. The lowest BCUT2D eigenvalue weighted by molar-refractivity contribution is -0.137. The lowest BCUT2D eigenvalue weighted by atomic mass is 10.0. The van der Waals surface area contributed by atoms with Crippen LogP contribution in [-0.4, -0.2) is 65.3 Å². The minimum atomic E-state index is -3.07. The molecular formula is C21H19ClF2N4O4. The fourth-order valence-electron chi connectivity index (χ4n) is 3.62. The minimum absolute atomic E-state index is 0.154. The van der Waals surface area contributed by atoms with E-state index >= 15 is 0 Å². The number of alkyl halides is 2. The van der Waals surface area contributed by atoms with Gasteiger partial charge in [0.2, 0.25) is 5.91 Å². The molecule has 1 aromatic carbocycles. The highest BCUT2D eigenvalue weighted by atomic mass is 35.5. The van der Waals surface area contributed by atoms with Crippen LogP contribution in [0.15, 0.2) is 41.6 Å². The number of nitrogens with zero attached hydrogens (tertiary/aromatic N) is 4. The van der Waals surface area contributed by atoms with Gasteiger partial charge in [-0.2, -0.15) is 13.9 Å². The summed E-state index contributed by atoms with van der Waals surface area (Å²) in [6.45, 7) is -2.67. The van der Waals surface area contributed by atoms with E-state index in [4.69, 9.17) is 16.3 Å². The zero-order chi connectivity index (χ0) is 22.8. The summed E-state index contributed by atoms with van der Waals surface area (Å²) in [6, 6.07) is 7.52. The number of benzene rings is 1. The molecule has 0 spiro atoms. The number of rotatable bonds is 6. The normalized spacial score (nSPS) is 16.7. The molecule has 0 aliphatic carbocycles. The highest BCUT2D eigenvalue weighted by Crippen LogP contribution is 2.29. The molecule has 4 rings (SSSR count). The van der Waals surface area contributed by atoms with Gasteiger partial charge in [0.05, 0.1) is 18.9 Å². The topological polar surface area (TPSA) is 84.3 Å². The molecule has 0 N–H and O–H groups in total. The first-order valence-electron chi connectivity index (χ1n) is 9.80. The van der Waals surface area contributed by atoms with Gasteiger partial charge in [0.1, 0.15) is 5.75 Å². The molecule has 2 aliphatic heterocycles. The fourth-order valence-corrected chi connectivity index (χ4v) is 3.78. The second-order valence-corrected chi connectivity index (χ2v) is 7.66. The second-order valence-electron chi connectivity index (χ2n) is 7.22. The number of hydrogen-bond donors (Lipinski definition) is 0. The Morgan fingerprint density at radius 2 is 2.00 bits per heavy atom. The Labute approximate surface area is 187 Å². The first-order valence-corrected chi connectivity index (χ1v) is 10.2. The van der Waals surface area contributed by atoms with E-state index in [9.17, 15) is 18.4 Å². The zero-order valence-corrected chi connectivity index (χ0v) is 17.8. The van der Waals surface area contributed by atoms with Gasteiger partial charge in [0.15, 0.2) is 11.4 Å². The standard InChI is InChI=1S/C21H19ClF2N4O4/c1-31-17-9-12(22)4-5-14(17)15-6-7-18(29)28(26-15)13-10-27(11-13)20(30)19-16(32-21(23)24)3-2-8-25-19/h2-5,8-9,13,21H,6-7,10-11H2,1H3. The van der Waals surface area contributed by atoms with E-state index in [1.165, 1.54) is 35.3 Å². The van der Waals surface area contributed by atoms with Crippen LogP contribution < -0.4 is 9.47 Å². The number of aromatic nitrogens is 1. The molecule has 0 unspecified atom stereocenters. The van der Waals surface area contributed by atoms with Crippen molar-refractivity contribution in [1.82, 2.24) is 14.9 Å². The first-order chi connectivity index (χ1) is 15.4. The van der Waals surface area contributed by atoms with Gasteiger partial charge in [0, 0.05) is 42.7 Å². The first kappa shape index (κ1) is 21.9. The molecule has 11 heteroatoms. The molecule has 1 fully saturated rings. The van der Waals surface area contributed by atoms with Crippen LogP contribution in [0.2, 0.25) is 5.02 Å². The molecule has 2 aliphatic rings. The van der Waals surface area contributed by atoms with E-state index in [2.05, 4.69) is 14.8 Å². The van der Waals surface area contributed by atoms with Gasteiger partial charge in [-0.25, -0.2) is 9.99 Å². The number of hydrazone groups is 1. The van der Waals surface area contributed by atoms with Crippen LogP contribution in [0.1, 0.15) is 28.9 Å². The Morgan fingerprint density at radius 3 is 2.72 bits per heavy atom. The molecule has 0 radical (unpaired) electrons. The van der Waals surface area contributed by atoms with Crippen LogP contribution in [-0.2, 0) is 4.79 Å². The number of likely N-dealkylation sites (tertiary alicyclic amines) is 1. The molecule has 0 atom stereocenters. The maximum absolute atomic E-state index is 12.7. The van der Waals surface area contributed by atoms with Crippen LogP contribution in [0.5, 0.6) is 11.5 Å². The third kappa shape index (κ3) is 4.36. The average molecular weight is 465 g/mol. The van der Waals surface area contributed by atoms with Gasteiger partial charge in [-0.3, -0.25) is 9.59 Å². The smallest absolute Gasteiger partial charge is 0.387 e. The SMILES string of the molecule is COc1cc(Cl)ccc1C1=NN(C2CN(C(=O)c3ncccc3OC(F)F)C2)C(=O)CC1. The van der Waals surface area contributed by atoms with Gasteiger partial charge in [-0.1, -0.05) is 11.6 Å². The summed E-state index contributed by atoms with van der Waals surface area (Å²) in [7, 11) is 1.53. The number of halogens is 3. The molecule has 8 nitrogen and oxygen atoms in total. The van der Waals surface area contributed by atoms with Crippen molar-refractivity contribution < 1.29 is 27.8 Å². The quantitative estimate of drug-likeness (QED) is 0.655. The summed E-state index contributed by atoms with van der Waals surface area (Å²) >= 11 is 6.03. The number of carbonyl (C=O) groups excluding carboxylic acids is 2. The number of hydrogen-bond acceptors (Lipinski definition) is 6. The van der Waals surface area contributed by atoms with E-state index < -0.39 is 12.5 Å². The van der Waals surface area contributed by atoms with Crippen molar-refractivity contribution >= 4 is 29.1 Å². The Hall–Kier alpha value is -3.27. The predicted octanol–water partition coefficient (Wildman–Crippen LogP) is 3.20. The molecule has 3 heterocycles. The Bertz CT molecular complexity index is 1080. The molecule has 0 saturated carbocycles. The summed E-state index contributed by atoms with van der Waals surface area (Å²) in [5.74, 6) is -0.443. The molecule has 2 amide bonds. The predicted molar refractivity (Wildman–Crippen MR) is 111 cm³/mol. The number of ether oxygens (including phenoxy) is 2. The van der Waals surface area contributed by atoms with Crippen molar-refractivity contribution in [1.29, 1.82) is 0 Å². The molecule has 1 aromatic heterocycles. The van der Waals surface area contributed by atoms with Crippen molar-refractivity contribution in [2.24, 2.45) is 5.10 Å². The van der Waals surface area contributed by atoms with Crippen molar-refractivity contribution in [3.63, 3.8) is 0 Å². The van der Waals surface area contributed by atoms with Crippen LogP contribution in [0, 0.1) is 0 Å². The Kier molecular flexibility index (Phi) is 6.22. The van der Waals surface area contributed by atoms with E-state index in [1.54, 1.807) is 18.2 Å². The molecule has 32 heavy (non-hydrogen) atoms. The molecule has 2 aromatic rings. The number of methoxy groups -OCH3 is 1. The van der Waals surface area contributed by atoms with E-state index in [-0.39, 0.29) is 42.9 Å². The van der Waals surface area contributed by atoms with Gasteiger partial charge >= 0.3 is 6.61 Å². The maximum atomic E-state index is 12.7. The van der Waals surface area contributed by atoms with Crippen molar-refractivity contribution in [3.05, 3.63) is 52.8 Å². The summed E-state index contributed by atoms with van der Waals surface area (Å²) in [5, 5.41) is 6.42. The van der Waals surface area contributed by atoms with Crippen LogP contribution in [0.3, 0.4) is 0 Å². The average Bonchev–Trinajstić information content (AvgIpc) is 2.74. The fraction of sp³-hybridized carbons (Fsp3) is 0.333. The molecular weight excluding hydrogens is 446 g/mol. The highest BCUT2D eigenvalue weighted by Gasteiger charge is 2.40. The van der Waals surface area contributed by atoms with Gasteiger partial charge in [-0.15, -0.1) is 0 Å². The minimum Gasteiger partial charge on any atom is -0.496 e.